The van der Waals surface area contributed by atoms with Gasteiger partial charge in [0.1, 0.15) is 5.52 Å². The Morgan fingerprint density at radius 2 is 1.90 bits per heavy atom. The van der Waals surface area contributed by atoms with E-state index in [1.54, 1.807) is 17.7 Å². The van der Waals surface area contributed by atoms with Gasteiger partial charge >= 0.3 is 0 Å². The lowest BCUT2D eigenvalue weighted by Gasteiger charge is -2.33. The van der Waals surface area contributed by atoms with E-state index in [9.17, 15) is 4.79 Å². The van der Waals surface area contributed by atoms with Crippen molar-refractivity contribution in [2.45, 2.75) is 25.7 Å². The molecule has 4 aromatic rings. The Balaban J connectivity index is 1.44. The van der Waals surface area contributed by atoms with Gasteiger partial charge in [-0.3, -0.25) is 4.79 Å². The molecular formula is C23H22ClN3O2. The van der Waals surface area contributed by atoms with Crippen LogP contribution in [-0.4, -0.2) is 22.6 Å². The first-order valence-corrected chi connectivity index (χ1v) is 10.3. The number of hydrogen-bond acceptors (Lipinski definition) is 4. The van der Waals surface area contributed by atoms with Crippen LogP contribution in [0.4, 0.5) is 5.69 Å². The van der Waals surface area contributed by atoms with Crippen LogP contribution in [0.15, 0.2) is 51.7 Å². The predicted molar refractivity (Wildman–Crippen MR) is 117 cm³/mol. The largest absolute Gasteiger partial charge is 0.440 e. The second-order valence-corrected chi connectivity index (χ2v) is 8.31. The summed E-state index contributed by atoms with van der Waals surface area (Å²) in [7, 11) is 1.80. The summed E-state index contributed by atoms with van der Waals surface area (Å²) in [6, 6.07) is 13.5. The van der Waals surface area contributed by atoms with Gasteiger partial charge in [-0.05, 0) is 55.7 Å². The number of nitrogens with zero attached hydrogens (tertiary/aromatic N) is 3. The third kappa shape index (κ3) is 3.19. The van der Waals surface area contributed by atoms with Gasteiger partial charge in [-0.15, -0.1) is 0 Å². The molecule has 3 heterocycles. The highest BCUT2D eigenvalue weighted by Gasteiger charge is 2.26. The quantitative estimate of drug-likeness (QED) is 0.468. The number of oxazole rings is 1. The highest BCUT2D eigenvalue weighted by Crippen LogP contribution is 2.34. The van der Waals surface area contributed by atoms with Gasteiger partial charge in [0.2, 0.25) is 0 Å². The van der Waals surface area contributed by atoms with E-state index in [1.165, 1.54) is 5.56 Å². The molecule has 0 radical (unpaired) electrons. The standard InChI is InChI=1S/C23H22ClN3O2/c1-14-3-6-21-18(11-14)25-23(29-21)15-7-9-27(10-8-15)20-13-22(28)26(2)19-5-4-16(24)12-17(19)20/h3-6,11-13,15H,7-10H2,1-2H3. The van der Waals surface area contributed by atoms with Gasteiger partial charge in [-0.1, -0.05) is 17.7 Å². The highest BCUT2D eigenvalue weighted by atomic mass is 35.5. The first kappa shape index (κ1) is 18.3. The van der Waals surface area contributed by atoms with E-state index in [1.807, 2.05) is 30.3 Å². The van der Waals surface area contributed by atoms with Gasteiger partial charge in [0.15, 0.2) is 11.5 Å². The summed E-state index contributed by atoms with van der Waals surface area (Å²) in [5, 5.41) is 1.68. The third-order valence-corrected chi connectivity index (χ3v) is 6.17. The molecule has 0 bridgehead atoms. The number of pyridine rings is 1. The van der Waals surface area contributed by atoms with Gasteiger partial charge in [-0.2, -0.15) is 0 Å². The number of aryl methyl sites for hydroxylation is 2. The molecule has 29 heavy (non-hydrogen) atoms. The fourth-order valence-corrected chi connectivity index (χ4v) is 4.45. The predicted octanol–water partition coefficient (Wildman–Crippen LogP) is 5.03. The first-order valence-electron chi connectivity index (χ1n) is 9.91. The molecule has 2 aromatic heterocycles. The van der Waals surface area contributed by atoms with Crippen LogP contribution in [0.25, 0.3) is 22.0 Å². The Labute approximate surface area is 173 Å². The molecule has 0 unspecified atom stereocenters. The lowest BCUT2D eigenvalue weighted by Crippen LogP contribution is -2.34. The first-order chi connectivity index (χ1) is 14.0. The van der Waals surface area contributed by atoms with E-state index in [0.717, 1.165) is 59.5 Å². The van der Waals surface area contributed by atoms with Crippen molar-refractivity contribution in [1.29, 1.82) is 0 Å². The number of aromatic nitrogens is 2. The van der Waals surface area contributed by atoms with Crippen molar-refractivity contribution in [3.8, 4) is 0 Å². The molecule has 5 rings (SSSR count). The molecule has 6 heteroatoms. The maximum absolute atomic E-state index is 12.5. The number of fused-ring (bicyclic) bond motifs is 2. The van der Waals surface area contributed by atoms with Crippen LogP contribution >= 0.6 is 11.6 Å². The van der Waals surface area contributed by atoms with Crippen molar-refractivity contribution < 1.29 is 4.42 Å². The molecule has 1 saturated heterocycles. The zero-order valence-corrected chi connectivity index (χ0v) is 17.2. The minimum atomic E-state index is -0.00809. The Morgan fingerprint density at radius 3 is 2.69 bits per heavy atom. The highest BCUT2D eigenvalue weighted by molar-refractivity contribution is 6.31. The van der Waals surface area contributed by atoms with Crippen molar-refractivity contribution in [3.05, 3.63) is 69.3 Å². The summed E-state index contributed by atoms with van der Waals surface area (Å²) in [6.07, 6.45) is 1.87. The molecule has 0 amide bonds. The summed E-state index contributed by atoms with van der Waals surface area (Å²) in [5.41, 5.74) is 4.80. The van der Waals surface area contributed by atoms with Gasteiger partial charge in [0, 0.05) is 42.5 Å². The maximum atomic E-state index is 12.5. The smallest absolute Gasteiger partial charge is 0.252 e. The molecule has 5 nitrogen and oxygen atoms in total. The van der Waals surface area contributed by atoms with E-state index in [-0.39, 0.29) is 5.56 Å². The van der Waals surface area contributed by atoms with E-state index < -0.39 is 0 Å². The lowest BCUT2D eigenvalue weighted by molar-refractivity contribution is 0.407. The van der Waals surface area contributed by atoms with Crippen molar-refractivity contribution in [2.75, 3.05) is 18.0 Å². The number of rotatable bonds is 2. The van der Waals surface area contributed by atoms with Gasteiger partial charge in [0.25, 0.3) is 5.56 Å². The Bertz CT molecular complexity index is 1280. The second-order valence-electron chi connectivity index (χ2n) is 7.87. The molecule has 1 aliphatic heterocycles. The molecular weight excluding hydrogens is 386 g/mol. The van der Waals surface area contributed by atoms with Crippen LogP contribution in [0.2, 0.25) is 5.02 Å². The minimum absolute atomic E-state index is 0.00809. The minimum Gasteiger partial charge on any atom is -0.440 e. The fraction of sp³-hybridized carbons (Fsp3) is 0.304. The van der Waals surface area contributed by atoms with Crippen LogP contribution in [-0.2, 0) is 7.05 Å². The summed E-state index contributed by atoms with van der Waals surface area (Å²) in [4.78, 5) is 19.5. The Morgan fingerprint density at radius 1 is 1.10 bits per heavy atom. The lowest BCUT2D eigenvalue weighted by atomic mass is 9.96. The summed E-state index contributed by atoms with van der Waals surface area (Å²) < 4.78 is 7.69. The number of piperidine rings is 1. The normalized spacial score (nSPS) is 15.5. The average molecular weight is 408 g/mol. The van der Waals surface area contributed by atoms with Gasteiger partial charge < -0.3 is 13.9 Å². The van der Waals surface area contributed by atoms with Crippen molar-refractivity contribution >= 4 is 39.3 Å². The van der Waals surface area contributed by atoms with Crippen LogP contribution in [0.3, 0.4) is 0 Å². The monoisotopic (exact) mass is 407 g/mol. The van der Waals surface area contributed by atoms with Gasteiger partial charge in [0.05, 0.1) is 11.2 Å². The van der Waals surface area contributed by atoms with Crippen LogP contribution < -0.4 is 10.5 Å². The SMILES string of the molecule is Cc1ccc2oc(C3CCN(c4cc(=O)n(C)c5ccc(Cl)cc45)CC3)nc2c1. The number of anilines is 1. The van der Waals surface area contributed by atoms with Crippen molar-refractivity contribution in [3.63, 3.8) is 0 Å². The van der Waals surface area contributed by atoms with Crippen molar-refractivity contribution in [1.82, 2.24) is 9.55 Å². The molecule has 1 aliphatic rings. The fourth-order valence-electron chi connectivity index (χ4n) is 4.28. The van der Waals surface area contributed by atoms with E-state index in [2.05, 4.69) is 17.9 Å². The van der Waals surface area contributed by atoms with E-state index in [4.69, 9.17) is 21.0 Å². The topological polar surface area (TPSA) is 51.3 Å². The summed E-state index contributed by atoms with van der Waals surface area (Å²) in [5.74, 6) is 1.11. The Kier molecular flexibility index (Phi) is 4.36. The number of benzene rings is 2. The van der Waals surface area contributed by atoms with Crippen LogP contribution in [0.1, 0.15) is 30.2 Å². The maximum Gasteiger partial charge on any atom is 0.252 e. The second kappa shape index (κ2) is 6.92. The van der Waals surface area contributed by atoms with Crippen molar-refractivity contribution in [2.24, 2.45) is 7.05 Å². The molecule has 0 atom stereocenters. The number of hydrogen-bond donors (Lipinski definition) is 0. The molecule has 0 saturated carbocycles. The van der Waals surface area contributed by atoms with Crippen LogP contribution in [0.5, 0.6) is 0 Å². The molecule has 0 aliphatic carbocycles. The number of halogens is 1. The zero-order chi connectivity index (χ0) is 20.1. The third-order valence-electron chi connectivity index (χ3n) is 5.93. The molecule has 148 valence electrons. The molecule has 1 fully saturated rings. The zero-order valence-electron chi connectivity index (χ0n) is 16.5. The molecule has 0 spiro atoms. The molecule has 0 N–H and O–H groups in total. The van der Waals surface area contributed by atoms with Crippen LogP contribution in [0, 0.1) is 6.92 Å². The molecule has 2 aromatic carbocycles. The average Bonchev–Trinajstić information content (AvgIpc) is 3.14. The summed E-state index contributed by atoms with van der Waals surface area (Å²) in [6.45, 7) is 3.75. The Hall–Kier alpha value is -2.79. The van der Waals surface area contributed by atoms with E-state index in [0.29, 0.717) is 10.9 Å². The van der Waals surface area contributed by atoms with E-state index >= 15 is 0 Å². The summed E-state index contributed by atoms with van der Waals surface area (Å²) >= 11 is 6.25. The van der Waals surface area contributed by atoms with Gasteiger partial charge in [-0.25, -0.2) is 4.98 Å².